The molecule has 1 amide bonds. The third-order valence-electron chi connectivity index (χ3n) is 4.09. The van der Waals surface area contributed by atoms with E-state index in [1.54, 1.807) is 17.0 Å². The second-order valence-corrected chi connectivity index (χ2v) is 6.27. The highest BCUT2D eigenvalue weighted by molar-refractivity contribution is 9.10. The lowest BCUT2D eigenvalue weighted by atomic mass is 9.76. The highest BCUT2D eigenvalue weighted by Gasteiger charge is 2.48. The van der Waals surface area contributed by atoms with Crippen molar-refractivity contribution in [2.75, 3.05) is 13.1 Å². The second kappa shape index (κ2) is 5.52. The maximum absolute atomic E-state index is 12.4. The quantitative estimate of drug-likeness (QED) is 0.857. The van der Waals surface area contributed by atoms with E-state index in [2.05, 4.69) is 20.9 Å². The number of aromatic nitrogens is 1. The summed E-state index contributed by atoms with van der Waals surface area (Å²) in [5, 5.41) is 9.48. The number of carboxylic acid groups (broad SMARTS) is 1. The standard InChI is InChI=1S/C14H17BrN2O3/c1-9(2)14(13(19)20)5-6-17(8-14)12(18)10-3-4-11(15)16-7-10/h3-4,7,9H,5-6,8H2,1-2H3,(H,19,20). The van der Waals surface area contributed by atoms with Gasteiger partial charge in [-0.05, 0) is 40.4 Å². The van der Waals surface area contributed by atoms with Crippen molar-refractivity contribution in [3.8, 4) is 0 Å². The van der Waals surface area contributed by atoms with E-state index in [-0.39, 0.29) is 18.4 Å². The Bertz CT molecular complexity index is 530. The van der Waals surface area contributed by atoms with E-state index in [0.717, 1.165) is 0 Å². The molecule has 0 bridgehead atoms. The Morgan fingerprint density at radius 3 is 2.60 bits per heavy atom. The summed E-state index contributed by atoms with van der Waals surface area (Å²) < 4.78 is 0.664. The van der Waals surface area contributed by atoms with E-state index in [9.17, 15) is 14.7 Å². The van der Waals surface area contributed by atoms with E-state index >= 15 is 0 Å². The molecule has 5 nitrogen and oxygen atoms in total. The molecule has 1 aromatic heterocycles. The van der Waals surface area contributed by atoms with E-state index in [1.807, 2.05) is 13.8 Å². The largest absolute Gasteiger partial charge is 0.481 e. The summed E-state index contributed by atoms with van der Waals surface area (Å²) in [7, 11) is 0. The Labute approximate surface area is 126 Å². The third kappa shape index (κ3) is 2.57. The van der Waals surface area contributed by atoms with Gasteiger partial charge in [-0.25, -0.2) is 4.98 Å². The lowest BCUT2D eigenvalue weighted by molar-refractivity contribution is -0.150. The Balaban J connectivity index is 2.18. The number of hydrogen-bond donors (Lipinski definition) is 1. The molecule has 0 spiro atoms. The number of carboxylic acids is 1. The molecule has 20 heavy (non-hydrogen) atoms. The van der Waals surface area contributed by atoms with Crippen LogP contribution >= 0.6 is 15.9 Å². The number of amides is 1. The number of carbonyl (C=O) groups excluding carboxylic acids is 1. The van der Waals surface area contributed by atoms with Gasteiger partial charge in [0.15, 0.2) is 0 Å². The van der Waals surface area contributed by atoms with Crippen molar-refractivity contribution >= 4 is 27.8 Å². The van der Waals surface area contributed by atoms with E-state index in [1.165, 1.54) is 6.20 Å². The molecule has 0 aromatic carbocycles. The van der Waals surface area contributed by atoms with Crippen LogP contribution in [0.1, 0.15) is 30.6 Å². The number of pyridine rings is 1. The van der Waals surface area contributed by atoms with E-state index < -0.39 is 11.4 Å². The molecule has 2 heterocycles. The Morgan fingerprint density at radius 2 is 2.15 bits per heavy atom. The SMILES string of the molecule is CC(C)C1(C(=O)O)CCN(C(=O)c2ccc(Br)nc2)C1. The molecule has 1 fully saturated rings. The first-order valence-electron chi connectivity index (χ1n) is 6.51. The zero-order chi connectivity index (χ0) is 14.9. The average Bonchev–Trinajstić information content (AvgIpc) is 2.85. The number of nitrogens with zero attached hydrogens (tertiary/aromatic N) is 2. The molecule has 0 saturated carbocycles. The molecular formula is C14H17BrN2O3. The van der Waals surface area contributed by atoms with Gasteiger partial charge in [0.25, 0.3) is 5.91 Å². The minimum Gasteiger partial charge on any atom is -0.481 e. The highest BCUT2D eigenvalue weighted by Crippen LogP contribution is 2.38. The molecule has 1 N–H and O–H groups in total. The second-order valence-electron chi connectivity index (χ2n) is 5.46. The number of likely N-dealkylation sites (tertiary alicyclic amines) is 1. The van der Waals surface area contributed by atoms with Gasteiger partial charge < -0.3 is 10.0 Å². The fourth-order valence-corrected chi connectivity index (χ4v) is 2.82. The maximum Gasteiger partial charge on any atom is 0.311 e. The maximum atomic E-state index is 12.4. The average molecular weight is 341 g/mol. The smallest absolute Gasteiger partial charge is 0.311 e. The van der Waals surface area contributed by atoms with Crippen LogP contribution in [0.15, 0.2) is 22.9 Å². The van der Waals surface area contributed by atoms with Crippen molar-refractivity contribution < 1.29 is 14.7 Å². The predicted octanol–water partition coefficient (Wildman–Crippen LogP) is 2.42. The van der Waals surface area contributed by atoms with Gasteiger partial charge in [-0.15, -0.1) is 0 Å². The van der Waals surface area contributed by atoms with Crippen LogP contribution in [-0.4, -0.2) is 40.0 Å². The molecule has 1 saturated heterocycles. The molecular weight excluding hydrogens is 324 g/mol. The van der Waals surface area contributed by atoms with Crippen LogP contribution in [0.5, 0.6) is 0 Å². The summed E-state index contributed by atoms with van der Waals surface area (Å²) in [4.78, 5) is 29.6. The van der Waals surface area contributed by atoms with Gasteiger partial charge in [0, 0.05) is 19.3 Å². The molecule has 1 unspecified atom stereocenters. The summed E-state index contributed by atoms with van der Waals surface area (Å²) in [5.74, 6) is -0.994. The molecule has 1 aliphatic rings. The molecule has 1 aliphatic heterocycles. The lowest BCUT2D eigenvalue weighted by Gasteiger charge is -2.28. The molecule has 1 atom stereocenters. The van der Waals surface area contributed by atoms with Crippen LogP contribution in [0.3, 0.4) is 0 Å². The third-order valence-corrected chi connectivity index (χ3v) is 4.56. The van der Waals surface area contributed by atoms with Gasteiger partial charge >= 0.3 is 5.97 Å². The molecule has 2 rings (SSSR count). The Hall–Kier alpha value is -1.43. The molecule has 108 valence electrons. The molecule has 6 heteroatoms. The van der Waals surface area contributed by atoms with Crippen molar-refractivity contribution in [3.63, 3.8) is 0 Å². The van der Waals surface area contributed by atoms with Gasteiger partial charge in [-0.3, -0.25) is 9.59 Å². The van der Waals surface area contributed by atoms with Crippen LogP contribution < -0.4 is 0 Å². The minimum absolute atomic E-state index is 0.0131. The molecule has 0 aliphatic carbocycles. The van der Waals surface area contributed by atoms with Gasteiger partial charge in [0.05, 0.1) is 11.0 Å². The first-order chi connectivity index (χ1) is 9.36. The van der Waals surface area contributed by atoms with Crippen molar-refractivity contribution in [2.24, 2.45) is 11.3 Å². The summed E-state index contributed by atoms with van der Waals surface area (Å²) >= 11 is 3.22. The number of rotatable bonds is 3. The van der Waals surface area contributed by atoms with Crippen LogP contribution in [-0.2, 0) is 4.79 Å². The fraction of sp³-hybridized carbons (Fsp3) is 0.500. The monoisotopic (exact) mass is 340 g/mol. The van der Waals surface area contributed by atoms with Crippen LogP contribution in [0.4, 0.5) is 0 Å². The summed E-state index contributed by atoms with van der Waals surface area (Å²) in [6.45, 7) is 4.51. The zero-order valence-corrected chi connectivity index (χ0v) is 13.1. The van der Waals surface area contributed by atoms with Gasteiger partial charge in [0.1, 0.15) is 4.60 Å². The van der Waals surface area contributed by atoms with E-state index in [0.29, 0.717) is 23.1 Å². The lowest BCUT2D eigenvalue weighted by Crippen LogP contribution is -2.40. The van der Waals surface area contributed by atoms with Crippen LogP contribution in [0.2, 0.25) is 0 Å². The van der Waals surface area contributed by atoms with Crippen LogP contribution in [0, 0.1) is 11.3 Å². The first-order valence-corrected chi connectivity index (χ1v) is 7.30. The molecule has 0 radical (unpaired) electrons. The zero-order valence-electron chi connectivity index (χ0n) is 11.5. The Morgan fingerprint density at radius 1 is 1.45 bits per heavy atom. The van der Waals surface area contributed by atoms with Gasteiger partial charge in [-0.1, -0.05) is 13.8 Å². The van der Waals surface area contributed by atoms with Gasteiger partial charge in [-0.2, -0.15) is 0 Å². The molecule has 1 aromatic rings. The first kappa shape index (κ1) is 15.0. The Kier molecular flexibility index (Phi) is 4.13. The van der Waals surface area contributed by atoms with E-state index in [4.69, 9.17) is 0 Å². The van der Waals surface area contributed by atoms with Crippen molar-refractivity contribution in [1.29, 1.82) is 0 Å². The van der Waals surface area contributed by atoms with Crippen LogP contribution in [0.25, 0.3) is 0 Å². The summed E-state index contributed by atoms with van der Waals surface area (Å²) in [6.07, 6.45) is 2.00. The van der Waals surface area contributed by atoms with Crippen molar-refractivity contribution in [3.05, 3.63) is 28.5 Å². The summed E-state index contributed by atoms with van der Waals surface area (Å²) in [6, 6.07) is 3.39. The van der Waals surface area contributed by atoms with Gasteiger partial charge in [0.2, 0.25) is 0 Å². The van der Waals surface area contributed by atoms with Crippen molar-refractivity contribution in [2.45, 2.75) is 20.3 Å². The normalized spacial score (nSPS) is 22.3. The topological polar surface area (TPSA) is 70.5 Å². The predicted molar refractivity (Wildman–Crippen MR) is 77.4 cm³/mol. The van der Waals surface area contributed by atoms with Crippen molar-refractivity contribution in [1.82, 2.24) is 9.88 Å². The highest BCUT2D eigenvalue weighted by atomic mass is 79.9. The number of carbonyl (C=O) groups is 2. The number of hydrogen-bond acceptors (Lipinski definition) is 3. The number of halogens is 1. The fourth-order valence-electron chi connectivity index (χ4n) is 2.58. The minimum atomic E-state index is -0.835. The summed E-state index contributed by atoms with van der Waals surface area (Å²) in [5.41, 5.74) is -0.350. The number of aliphatic carboxylic acids is 1.